The van der Waals surface area contributed by atoms with Crippen molar-refractivity contribution >= 4 is 11.8 Å². The molecule has 2 aromatic rings. The van der Waals surface area contributed by atoms with Gasteiger partial charge in [-0.1, -0.05) is 18.2 Å². The van der Waals surface area contributed by atoms with Gasteiger partial charge in [-0.2, -0.15) is 0 Å². The maximum Gasteiger partial charge on any atom is 0.253 e. The molecule has 2 amide bonds. The molecule has 2 aromatic carbocycles. The summed E-state index contributed by atoms with van der Waals surface area (Å²) < 4.78 is 18.7. The van der Waals surface area contributed by atoms with Crippen LogP contribution in [0.4, 0.5) is 4.39 Å². The van der Waals surface area contributed by atoms with E-state index in [-0.39, 0.29) is 23.7 Å². The van der Waals surface area contributed by atoms with Crippen LogP contribution in [0.25, 0.3) is 0 Å². The van der Waals surface area contributed by atoms with Gasteiger partial charge >= 0.3 is 0 Å². The second-order valence-electron chi connectivity index (χ2n) is 7.36. The van der Waals surface area contributed by atoms with Crippen molar-refractivity contribution in [1.82, 2.24) is 10.2 Å². The van der Waals surface area contributed by atoms with Crippen molar-refractivity contribution in [1.29, 1.82) is 0 Å². The fraction of sp³-hybridized carbons (Fsp3) is 0.391. The Morgan fingerprint density at radius 2 is 1.79 bits per heavy atom. The maximum absolute atomic E-state index is 13.0. The molecular weight excluding hydrogens is 371 g/mol. The van der Waals surface area contributed by atoms with Crippen LogP contribution in [0.1, 0.15) is 41.6 Å². The first-order valence-electron chi connectivity index (χ1n) is 10.1. The number of hydrogen-bond donors (Lipinski definition) is 1. The number of carbonyl (C=O) groups is 2. The van der Waals surface area contributed by atoms with Gasteiger partial charge in [0.25, 0.3) is 5.91 Å². The van der Waals surface area contributed by atoms with Crippen LogP contribution < -0.4 is 10.1 Å². The van der Waals surface area contributed by atoms with Crippen LogP contribution >= 0.6 is 0 Å². The average Bonchev–Trinajstić information content (AvgIpc) is 2.73. The number of ether oxygens (including phenoxy) is 1. The predicted octanol–water partition coefficient (Wildman–Crippen LogP) is 3.71. The molecule has 154 valence electrons. The summed E-state index contributed by atoms with van der Waals surface area (Å²) >= 11 is 0. The third-order valence-electron chi connectivity index (χ3n) is 5.14. The summed E-state index contributed by atoms with van der Waals surface area (Å²) in [6, 6.07) is 13.5. The van der Waals surface area contributed by atoms with Gasteiger partial charge in [0.05, 0.1) is 6.61 Å². The minimum Gasteiger partial charge on any atom is -0.493 e. The third kappa shape index (κ3) is 6.04. The summed E-state index contributed by atoms with van der Waals surface area (Å²) in [6.45, 7) is 3.66. The first-order valence-corrected chi connectivity index (χ1v) is 10.1. The number of benzene rings is 2. The Morgan fingerprint density at radius 3 is 2.48 bits per heavy atom. The highest BCUT2D eigenvalue weighted by molar-refractivity contribution is 5.94. The van der Waals surface area contributed by atoms with Gasteiger partial charge < -0.3 is 15.0 Å². The van der Waals surface area contributed by atoms with Crippen molar-refractivity contribution in [2.75, 3.05) is 19.7 Å². The molecule has 1 N–H and O–H groups in total. The number of hydrogen-bond acceptors (Lipinski definition) is 3. The zero-order chi connectivity index (χ0) is 20.6. The van der Waals surface area contributed by atoms with Crippen molar-refractivity contribution in [2.45, 2.75) is 38.6 Å². The number of para-hydroxylation sites is 1. The highest BCUT2D eigenvalue weighted by atomic mass is 19.1. The molecule has 0 atom stereocenters. The van der Waals surface area contributed by atoms with Gasteiger partial charge in [0.2, 0.25) is 5.91 Å². The van der Waals surface area contributed by atoms with E-state index >= 15 is 0 Å². The van der Waals surface area contributed by atoms with E-state index < -0.39 is 0 Å². The van der Waals surface area contributed by atoms with Crippen molar-refractivity contribution < 1.29 is 18.7 Å². The number of aryl methyl sites for hydroxylation is 1. The minimum absolute atomic E-state index is 0.0155. The minimum atomic E-state index is -0.354. The largest absolute Gasteiger partial charge is 0.493 e. The number of rotatable bonds is 7. The molecule has 0 unspecified atom stereocenters. The molecule has 0 saturated carbocycles. The van der Waals surface area contributed by atoms with Crippen molar-refractivity contribution in [3.8, 4) is 5.75 Å². The lowest BCUT2D eigenvalue weighted by Gasteiger charge is -2.32. The summed E-state index contributed by atoms with van der Waals surface area (Å²) in [5.74, 6) is 0.420. The molecule has 0 aromatic heterocycles. The van der Waals surface area contributed by atoms with Crippen LogP contribution in [-0.4, -0.2) is 42.5 Å². The molecule has 0 radical (unpaired) electrons. The van der Waals surface area contributed by atoms with E-state index in [1.54, 1.807) is 4.90 Å². The Bertz CT molecular complexity index is 830. The summed E-state index contributed by atoms with van der Waals surface area (Å²) in [6.07, 6.45) is 2.51. The zero-order valence-electron chi connectivity index (χ0n) is 16.7. The molecule has 5 nitrogen and oxygen atoms in total. The fourth-order valence-electron chi connectivity index (χ4n) is 3.44. The van der Waals surface area contributed by atoms with Gasteiger partial charge in [-0.05, 0) is 62.1 Å². The fourth-order valence-corrected chi connectivity index (χ4v) is 3.44. The average molecular weight is 398 g/mol. The van der Waals surface area contributed by atoms with Gasteiger partial charge in [-0.15, -0.1) is 0 Å². The number of likely N-dealkylation sites (tertiary alicyclic amines) is 1. The van der Waals surface area contributed by atoms with E-state index in [9.17, 15) is 14.0 Å². The molecule has 0 aliphatic carbocycles. The number of nitrogens with one attached hydrogen (secondary N) is 1. The molecule has 6 heteroatoms. The first kappa shape index (κ1) is 20.8. The summed E-state index contributed by atoms with van der Waals surface area (Å²) in [5, 5.41) is 3.05. The summed E-state index contributed by atoms with van der Waals surface area (Å²) in [5.41, 5.74) is 1.57. The highest BCUT2D eigenvalue weighted by Gasteiger charge is 2.24. The zero-order valence-corrected chi connectivity index (χ0v) is 16.7. The topological polar surface area (TPSA) is 58.6 Å². The number of amides is 2. The number of piperidine rings is 1. The predicted molar refractivity (Wildman–Crippen MR) is 109 cm³/mol. The SMILES string of the molecule is Cc1ccccc1OCCCC(=O)NC1CCN(C(=O)c2ccc(F)cc2)CC1. The molecule has 0 spiro atoms. The van der Waals surface area contributed by atoms with E-state index in [4.69, 9.17) is 4.74 Å². The maximum atomic E-state index is 13.0. The second-order valence-corrected chi connectivity index (χ2v) is 7.36. The Morgan fingerprint density at radius 1 is 1.10 bits per heavy atom. The quantitative estimate of drug-likeness (QED) is 0.724. The molecule has 1 aliphatic rings. The van der Waals surface area contributed by atoms with Crippen LogP contribution in [-0.2, 0) is 4.79 Å². The van der Waals surface area contributed by atoms with Gasteiger partial charge in [0.15, 0.2) is 0 Å². The molecule has 1 heterocycles. The van der Waals surface area contributed by atoms with Crippen molar-refractivity contribution in [2.24, 2.45) is 0 Å². The number of carbonyl (C=O) groups excluding carboxylic acids is 2. The van der Waals surface area contributed by atoms with Gasteiger partial charge in [-0.3, -0.25) is 9.59 Å². The lowest BCUT2D eigenvalue weighted by molar-refractivity contribution is -0.122. The standard InChI is InChI=1S/C23H27FN2O3/c1-17-5-2-3-6-21(17)29-16-4-7-22(27)25-20-12-14-26(15-13-20)23(28)18-8-10-19(24)11-9-18/h2-3,5-6,8-11,20H,4,7,12-16H2,1H3,(H,25,27). The van der Waals surface area contributed by atoms with Crippen LogP contribution in [0.15, 0.2) is 48.5 Å². The van der Waals surface area contributed by atoms with Crippen molar-refractivity contribution in [3.05, 3.63) is 65.5 Å². The van der Waals surface area contributed by atoms with Gasteiger partial charge in [0.1, 0.15) is 11.6 Å². The Balaban J connectivity index is 1.34. The second kappa shape index (κ2) is 10.0. The first-order chi connectivity index (χ1) is 14.0. The normalized spacial score (nSPS) is 14.5. The summed E-state index contributed by atoms with van der Waals surface area (Å²) in [4.78, 5) is 26.4. The molecule has 0 bridgehead atoms. The smallest absolute Gasteiger partial charge is 0.253 e. The van der Waals surface area contributed by atoms with E-state index in [0.29, 0.717) is 38.1 Å². The molecule has 1 aliphatic heterocycles. The van der Waals surface area contributed by atoms with Crippen LogP contribution in [0.2, 0.25) is 0 Å². The lowest BCUT2D eigenvalue weighted by atomic mass is 10.0. The molecule has 3 rings (SSSR count). The van der Waals surface area contributed by atoms with Gasteiger partial charge in [-0.25, -0.2) is 4.39 Å². The Labute approximate surface area is 170 Å². The third-order valence-corrected chi connectivity index (χ3v) is 5.14. The van der Waals surface area contributed by atoms with Gasteiger partial charge in [0, 0.05) is 31.1 Å². The van der Waals surface area contributed by atoms with Crippen LogP contribution in [0.3, 0.4) is 0 Å². The Kier molecular flexibility index (Phi) is 7.22. The lowest BCUT2D eigenvalue weighted by Crippen LogP contribution is -2.46. The number of nitrogens with zero attached hydrogens (tertiary/aromatic N) is 1. The number of halogens is 1. The highest BCUT2D eigenvalue weighted by Crippen LogP contribution is 2.17. The van der Waals surface area contributed by atoms with Crippen LogP contribution in [0.5, 0.6) is 5.75 Å². The summed E-state index contributed by atoms with van der Waals surface area (Å²) in [7, 11) is 0. The molecule has 1 fully saturated rings. The van der Waals surface area contributed by atoms with E-state index in [1.807, 2.05) is 31.2 Å². The van der Waals surface area contributed by atoms with E-state index in [2.05, 4.69) is 5.32 Å². The Hall–Kier alpha value is -2.89. The van der Waals surface area contributed by atoms with E-state index in [0.717, 1.165) is 24.2 Å². The molecule has 1 saturated heterocycles. The van der Waals surface area contributed by atoms with Crippen molar-refractivity contribution in [3.63, 3.8) is 0 Å². The van der Waals surface area contributed by atoms with Crippen LogP contribution in [0, 0.1) is 12.7 Å². The van der Waals surface area contributed by atoms with E-state index in [1.165, 1.54) is 24.3 Å². The monoisotopic (exact) mass is 398 g/mol. The molecule has 29 heavy (non-hydrogen) atoms. The molecular formula is C23H27FN2O3.